The molecular weight excluding hydrogens is 367 g/mol. The van der Waals surface area contributed by atoms with Crippen molar-refractivity contribution < 1.29 is 12.8 Å². The fourth-order valence-corrected chi connectivity index (χ4v) is 4.11. The molecule has 0 fully saturated rings. The molecule has 0 unspecified atom stereocenters. The molecule has 0 saturated carbocycles. The van der Waals surface area contributed by atoms with Crippen molar-refractivity contribution in [1.82, 2.24) is 23.5 Å². The van der Waals surface area contributed by atoms with Crippen LogP contribution < -0.4 is 4.72 Å². The van der Waals surface area contributed by atoms with Gasteiger partial charge in [-0.2, -0.15) is 13.8 Å². The lowest BCUT2D eigenvalue weighted by molar-refractivity contribution is 0.601. The van der Waals surface area contributed by atoms with Gasteiger partial charge in [-0.25, -0.2) is 22.5 Å². The van der Waals surface area contributed by atoms with E-state index in [-0.39, 0.29) is 21.8 Å². The highest BCUT2D eigenvalue weighted by Crippen LogP contribution is 2.25. The Morgan fingerprint density at radius 2 is 2.04 bits per heavy atom. The van der Waals surface area contributed by atoms with Crippen LogP contribution in [0.25, 0.3) is 16.7 Å². The van der Waals surface area contributed by atoms with Crippen LogP contribution in [0.3, 0.4) is 0 Å². The molecule has 8 nitrogen and oxygen atoms in total. The van der Waals surface area contributed by atoms with E-state index in [1.807, 2.05) is 0 Å². The number of benzene rings is 2. The number of fused-ring (bicyclic) bond motifs is 1. The Morgan fingerprint density at radius 1 is 1.16 bits per heavy atom. The van der Waals surface area contributed by atoms with Crippen molar-refractivity contribution in [3.05, 3.63) is 54.9 Å². The number of nitrogens with one attached hydrogen (secondary N) is 1. The smallest absolute Gasteiger partial charge is 0.264 e. The van der Waals surface area contributed by atoms with E-state index in [2.05, 4.69) is 23.6 Å². The van der Waals surface area contributed by atoms with Gasteiger partial charge >= 0.3 is 0 Å². The molecule has 0 spiro atoms. The van der Waals surface area contributed by atoms with Crippen molar-refractivity contribution in [3.63, 3.8) is 0 Å². The third-order valence-corrected chi connectivity index (χ3v) is 5.36. The Morgan fingerprint density at radius 3 is 2.80 bits per heavy atom. The van der Waals surface area contributed by atoms with Crippen LogP contribution in [0.5, 0.6) is 0 Å². The second-order valence-electron chi connectivity index (χ2n) is 5.00. The van der Waals surface area contributed by atoms with E-state index in [1.165, 1.54) is 35.5 Å². The van der Waals surface area contributed by atoms with Crippen molar-refractivity contribution in [1.29, 1.82) is 0 Å². The lowest BCUT2D eigenvalue weighted by atomic mass is 10.3. The zero-order valence-corrected chi connectivity index (χ0v) is 14.0. The first kappa shape index (κ1) is 15.6. The van der Waals surface area contributed by atoms with E-state index in [0.717, 1.165) is 17.8 Å². The summed E-state index contributed by atoms with van der Waals surface area (Å²) in [6.07, 6.45) is 2.62. The summed E-state index contributed by atoms with van der Waals surface area (Å²) >= 11 is 0.924. The molecule has 11 heteroatoms. The van der Waals surface area contributed by atoms with Crippen LogP contribution in [0, 0.1) is 5.82 Å². The van der Waals surface area contributed by atoms with Crippen molar-refractivity contribution in [3.8, 4) is 5.69 Å². The molecule has 0 amide bonds. The highest BCUT2D eigenvalue weighted by molar-refractivity contribution is 7.93. The first-order valence-electron chi connectivity index (χ1n) is 6.93. The molecule has 2 heterocycles. The molecule has 4 rings (SSSR count). The van der Waals surface area contributed by atoms with Gasteiger partial charge in [-0.1, -0.05) is 6.07 Å². The van der Waals surface area contributed by atoms with Crippen molar-refractivity contribution >= 4 is 38.5 Å². The summed E-state index contributed by atoms with van der Waals surface area (Å²) in [5.41, 5.74) is 1.01. The molecule has 2 aromatic carbocycles. The summed E-state index contributed by atoms with van der Waals surface area (Å²) < 4.78 is 51.1. The summed E-state index contributed by atoms with van der Waals surface area (Å²) in [6, 6.07) is 8.60. The minimum absolute atomic E-state index is 0.0143. The highest BCUT2D eigenvalue weighted by atomic mass is 32.2. The molecule has 0 aliphatic carbocycles. The maximum atomic E-state index is 14.3. The molecule has 0 radical (unpaired) electrons. The summed E-state index contributed by atoms with van der Waals surface area (Å²) in [6.45, 7) is 0. The van der Waals surface area contributed by atoms with Crippen LogP contribution in [0.2, 0.25) is 0 Å². The second-order valence-corrected chi connectivity index (χ2v) is 7.18. The lowest BCUT2D eigenvalue weighted by Gasteiger charge is -2.10. The van der Waals surface area contributed by atoms with Crippen LogP contribution >= 0.6 is 11.7 Å². The first-order chi connectivity index (χ1) is 12.0. The molecule has 25 heavy (non-hydrogen) atoms. The zero-order chi connectivity index (χ0) is 17.4. The number of hydrogen-bond donors (Lipinski definition) is 1. The molecule has 2 aromatic heterocycles. The molecule has 1 N–H and O–H groups in total. The Hall–Kier alpha value is -2.92. The molecule has 0 bridgehead atoms. The van der Waals surface area contributed by atoms with E-state index in [1.54, 1.807) is 12.1 Å². The average molecular weight is 376 g/mol. The maximum absolute atomic E-state index is 14.3. The largest absolute Gasteiger partial charge is 0.279 e. The number of sulfonamides is 1. The van der Waals surface area contributed by atoms with E-state index in [0.29, 0.717) is 5.52 Å². The number of anilines is 1. The summed E-state index contributed by atoms with van der Waals surface area (Å²) in [7, 11) is -3.94. The first-order valence-corrected chi connectivity index (χ1v) is 9.14. The van der Waals surface area contributed by atoms with Gasteiger partial charge < -0.3 is 0 Å². The minimum Gasteiger partial charge on any atom is -0.279 e. The van der Waals surface area contributed by atoms with Crippen molar-refractivity contribution in [2.45, 2.75) is 4.90 Å². The van der Waals surface area contributed by atoms with Gasteiger partial charge in [0.2, 0.25) is 0 Å². The SMILES string of the molecule is O=S(=O)(Nc1ccc(-n2cncn2)c(F)c1)c1cccc2nsnc12. The normalized spacial score (nSPS) is 11.7. The summed E-state index contributed by atoms with van der Waals surface area (Å²) in [5.74, 6) is -0.640. The molecular formula is C14H9FN6O2S2. The number of rotatable bonds is 4. The van der Waals surface area contributed by atoms with E-state index in [4.69, 9.17) is 0 Å². The fourth-order valence-electron chi connectivity index (χ4n) is 2.30. The third kappa shape index (κ3) is 2.83. The molecule has 4 aromatic rings. The molecule has 126 valence electrons. The number of halogens is 1. The highest BCUT2D eigenvalue weighted by Gasteiger charge is 2.20. The van der Waals surface area contributed by atoms with Gasteiger partial charge in [-0.15, -0.1) is 0 Å². The van der Waals surface area contributed by atoms with Gasteiger partial charge in [-0.05, 0) is 24.3 Å². The molecule has 0 aliphatic heterocycles. The van der Waals surface area contributed by atoms with E-state index in [9.17, 15) is 12.8 Å². The standard InChI is InChI=1S/C14H9FN6O2S2/c15-10-6-9(4-5-12(10)21-8-16-7-17-21)20-25(22,23)13-3-1-2-11-14(13)19-24-18-11/h1-8,20H. The Kier molecular flexibility index (Phi) is 3.66. The third-order valence-electron chi connectivity index (χ3n) is 3.40. The average Bonchev–Trinajstić information content (AvgIpc) is 3.25. The zero-order valence-electron chi connectivity index (χ0n) is 12.4. The Bertz CT molecular complexity index is 1160. The molecule has 0 saturated heterocycles. The topological polar surface area (TPSA) is 103 Å². The second kappa shape index (κ2) is 5.86. The van der Waals surface area contributed by atoms with Gasteiger partial charge in [-0.3, -0.25) is 4.72 Å². The quantitative estimate of drug-likeness (QED) is 0.586. The van der Waals surface area contributed by atoms with Gasteiger partial charge in [0, 0.05) is 6.07 Å². The number of nitrogens with zero attached hydrogens (tertiary/aromatic N) is 5. The van der Waals surface area contributed by atoms with Crippen molar-refractivity contribution in [2.24, 2.45) is 0 Å². The monoisotopic (exact) mass is 376 g/mol. The number of aromatic nitrogens is 5. The van der Waals surface area contributed by atoms with E-state index >= 15 is 0 Å². The van der Waals surface area contributed by atoms with E-state index < -0.39 is 15.8 Å². The van der Waals surface area contributed by atoms with Crippen LogP contribution in [0.4, 0.5) is 10.1 Å². The van der Waals surface area contributed by atoms with Gasteiger partial charge in [0.1, 0.15) is 34.3 Å². The van der Waals surface area contributed by atoms with Gasteiger partial charge in [0.05, 0.1) is 17.4 Å². The Labute approximate surface area is 145 Å². The maximum Gasteiger partial charge on any atom is 0.264 e. The summed E-state index contributed by atoms with van der Waals surface area (Å²) in [5, 5.41) is 3.84. The van der Waals surface area contributed by atoms with Crippen LogP contribution in [-0.4, -0.2) is 31.9 Å². The van der Waals surface area contributed by atoms with Crippen LogP contribution in [0.1, 0.15) is 0 Å². The lowest BCUT2D eigenvalue weighted by Crippen LogP contribution is -2.14. The fraction of sp³-hybridized carbons (Fsp3) is 0. The molecule has 0 atom stereocenters. The predicted octanol–water partition coefficient (Wildman–Crippen LogP) is 2.21. The van der Waals surface area contributed by atoms with Gasteiger partial charge in [0.15, 0.2) is 5.82 Å². The summed E-state index contributed by atoms with van der Waals surface area (Å²) in [4.78, 5) is 3.73. The predicted molar refractivity (Wildman–Crippen MR) is 89.5 cm³/mol. The van der Waals surface area contributed by atoms with Crippen molar-refractivity contribution in [2.75, 3.05) is 4.72 Å². The molecule has 0 aliphatic rings. The Balaban J connectivity index is 1.70. The van der Waals surface area contributed by atoms with Crippen LogP contribution in [0.15, 0.2) is 53.9 Å². The van der Waals surface area contributed by atoms with Crippen LogP contribution in [-0.2, 0) is 10.0 Å². The number of hydrogen-bond acceptors (Lipinski definition) is 7. The van der Waals surface area contributed by atoms with Gasteiger partial charge in [0.25, 0.3) is 10.0 Å². The minimum atomic E-state index is -3.94.